The number of aromatic nitrogens is 1. The van der Waals surface area contributed by atoms with Crippen LogP contribution >= 0.6 is 0 Å². The van der Waals surface area contributed by atoms with Crippen molar-refractivity contribution in [1.82, 2.24) is 4.98 Å². The van der Waals surface area contributed by atoms with E-state index in [2.05, 4.69) is 37.0 Å². The quantitative estimate of drug-likeness (QED) is 0.874. The van der Waals surface area contributed by atoms with Crippen molar-refractivity contribution in [1.29, 1.82) is 0 Å². The molecule has 2 rings (SSSR count). The molecule has 2 aromatic rings. The second-order valence-corrected chi connectivity index (χ2v) is 4.51. The Morgan fingerprint density at radius 1 is 1.06 bits per heavy atom. The zero-order valence-electron chi connectivity index (χ0n) is 10.4. The fourth-order valence-electron chi connectivity index (χ4n) is 1.91. The Morgan fingerprint density at radius 3 is 2.41 bits per heavy atom. The molecule has 0 radical (unpaired) electrons. The van der Waals surface area contributed by atoms with Crippen LogP contribution in [-0.2, 0) is 6.42 Å². The van der Waals surface area contributed by atoms with Crippen LogP contribution in [0.15, 0.2) is 42.7 Å². The van der Waals surface area contributed by atoms with E-state index in [-0.39, 0.29) is 6.04 Å². The minimum atomic E-state index is 0.0418. The van der Waals surface area contributed by atoms with Gasteiger partial charge in [0.1, 0.15) is 0 Å². The summed E-state index contributed by atoms with van der Waals surface area (Å²) in [5.74, 6) is 0. The number of rotatable bonds is 3. The first-order valence-corrected chi connectivity index (χ1v) is 5.88. The van der Waals surface area contributed by atoms with Gasteiger partial charge >= 0.3 is 0 Å². The Bertz CT molecular complexity index is 492. The lowest BCUT2D eigenvalue weighted by atomic mass is 9.98. The topological polar surface area (TPSA) is 38.9 Å². The Kier molecular flexibility index (Phi) is 3.55. The van der Waals surface area contributed by atoms with Crippen LogP contribution in [0.3, 0.4) is 0 Å². The van der Waals surface area contributed by atoms with Crippen molar-refractivity contribution in [2.45, 2.75) is 26.3 Å². The molecule has 0 saturated heterocycles. The van der Waals surface area contributed by atoms with Gasteiger partial charge < -0.3 is 5.73 Å². The highest BCUT2D eigenvalue weighted by Gasteiger charge is 2.07. The molecule has 1 aromatic heterocycles. The van der Waals surface area contributed by atoms with Crippen molar-refractivity contribution in [3.05, 3.63) is 65.0 Å². The van der Waals surface area contributed by atoms with E-state index in [1.165, 1.54) is 16.7 Å². The maximum Gasteiger partial charge on any atom is 0.0336 e. The number of hydrogen-bond acceptors (Lipinski definition) is 2. The van der Waals surface area contributed by atoms with E-state index >= 15 is 0 Å². The first-order valence-electron chi connectivity index (χ1n) is 5.88. The third kappa shape index (κ3) is 2.92. The van der Waals surface area contributed by atoms with Gasteiger partial charge in [0.25, 0.3) is 0 Å². The van der Waals surface area contributed by atoms with E-state index in [1.807, 2.05) is 12.1 Å². The molecule has 0 amide bonds. The molecule has 0 spiro atoms. The minimum Gasteiger partial charge on any atom is -0.324 e. The van der Waals surface area contributed by atoms with Crippen molar-refractivity contribution in [3.8, 4) is 0 Å². The molecule has 0 aliphatic rings. The molecule has 0 aliphatic carbocycles. The fraction of sp³-hybridized carbons (Fsp3) is 0.267. The molecule has 1 heterocycles. The molecule has 1 unspecified atom stereocenters. The van der Waals surface area contributed by atoms with Crippen LogP contribution in [0.4, 0.5) is 0 Å². The molecule has 88 valence electrons. The molecule has 0 aliphatic heterocycles. The van der Waals surface area contributed by atoms with Crippen LogP contribution in [0.1, 0.15) is 28.3 Å². The van der Waals surface area contributed by atoms with Gasteiger partial charge in [-0.2, -0.15) is 0 Å². The van der Waals surface area contributed by atoms with Crippen molar-refractivity contribution in [3.63, 3.8) is 0 Å². The van der Waals surface area contributed by atoms with E-state index in [0.29, 0.717) is 0 Å². The van der Waals surface area contributed by atoms with E-state index in [0.717, 1.165) is 12.0 Å². The van der Waals surface area contributed by atoms with Gasteiger partial charge in [0.2, 0.25) is 0 Å². The van der Waals surface area contributed by atoms with E-state index in [1.54, 1.807) is 12.4 Å². The van der Waals surface area contributed by atoms with E-state index in [9.17, 15) is 0 Å². The molecule has 2 nitrogen and oxygen atoms in total. The number of nitrogens with zero attached hydrogens (tertiary/aromatic N) is 1. The lowest BCUT2D eigenvalue weighted by Gasteiger charge is -2.12. The predicted octanol–water partition coefficient (Wildman–Crippen LogP) is 2.94. The van der Waals surface area contributed by atoms with Gasteiger partial charge in [-0.1, -0.05) is 18.2 Å². The Balaban J connectivity index is 2.13. The molecule has 0 fully saturated rings. The summed E-state index contributed by atoms with van der Waals surface area (Å²) in [5.41, 5.74) is 11.3. The van der Waals surface area contributed by atoms with Crippen LogP contribution in [0.25, 0.3) is 0 Å². The van der Waals surface area contributed by atoms with E-state index in [4.69, 9.17) is 5.73 Å². The molecular formula is C15H18N2. The van der Waals surface area contributed by atoms with Crippen molar-refractivity contribution >= 4 is 0 Å². The smallest absolute Gasteiger partial charge is 0.0336 e. The fourth-order valence-corrected chi connectivity index (χ4v) is 1.91. The maximum absolute atomic E-state index is 6.19. The normalized spacial score (nSPS) is 12.4. The maximum atomic E-state index is 6.19. The molecule has 17 heavy (non-hydrogen) atoms. The molecule has 2 N–H and O–H groups in total. The summed E-state index contributed by atoms with van der Waals surface area (Å²) in [6.07, 6.45) is 4.44. The molecule has 1 aromatic carbocycles. The van der Waals surface area contributed by atoms with Gasteiger partial charge in [-0.25, -0.2) is 0 Å². The number of pyridine rings is 1. The largest absolute Gasteiger partial charge is 0.324 e. The SMILES string of the molecule is Cc1ccc(CC(N)c2ccncc2)cc1C. The van der Waals surface area contributed by atoms with Crippen LogP contribution in [-0.4, -0.2) is 4.98 Å². The highest BCUT2D eigenvalue weighted by atomic mass is 14.6. The van der Waals surface area contributed by atoms with Gasteiger partial charge in [-0.3, -0.25) is 4.98 Å². The van der Waals surface area contributed by atoms with Gasteiger partial charge in [-0.05, 0) is 54.7 Å². The molecule has 0 saturated carbocycles. The van der Waals surface area contributed by atoms with Crippen molar-refractivity contribution in [2.24, 2.45) is 5.73 Å². The van der Waals surface area contributed by atoms with Gasteiger partial charge in [0.05, 0.1) is 0 Å². The number of aryl methyl sites for hydroxylation is 2. The number of nitrogens with two attached hydrogens (primary N) is 1. The van der Waals surface area contributed by atoms with Crippen LogP contribution in [0.5, 0.6) is 0 Å². The first-order chi connectivity index (χ1) is 8.16. The number of hydrogen-bond donors (Lipinski definition) is 1. The molecule has 1 atom stereocenters. The van der Waals surface area contributed by atoms with Crippen LogP contribution in [0.2, 0.25) is 0 Å². The standard InChI is InChI=1S/C15H18N2/c1-11-3-4-13(9-12(11)2)10-15(16)14-5-7-17-8-6-14/h3-9,15H,10,16H2,1-2H3. The van der Waals surface area contributed by atoms with Crippen molar-refractivity contribution in [2.75, 3.05) is 0 Å². The zero-order chi connectivity index (χ0) is 12.3. The summed E-state index contributed by atoms with van der Waals surface area (Å²) in [7, 11) is 0. The average molecular weight is 226 g/mol. The summed E-state index contributed by atoms with van der Waals surface area (Å²) in [4.78, 5) is 4.00. The second kappa shape index (κ2) is 5.11. The average Bonchev–Trinajstić information content (AvgIpc) is 2.35. The molecule has 2 heteroatoms. The zero-order valence-corrected chi connectivity index (χ0v) is 10.4. The lowest BCUT2D eigenvalue weighted by Crippen LogP contribution is -2.13. The van der Waals surface area contributed by atoms with Gasteiger partial charge in [0.15, 0.2) is 0 Å². The lowest BCUT2D eigenvalue weighted by molar-refractivity contribution is 0.720. The highest BCUT2D eigenvalue weighted by molar-refractivity contribution is 5.31. The Morgan fingerprint density at radius 2 is 1.76 bits per heavy atom. The van der Waals surface area contributed by atoms with Crippen molar-refractivity contribution < 1.29 is 0 Å². The van der Waals surface area contributed by atoms with Gasteiger partial charge in [-0.15, -0.1) is 0 Å². The molecule has 0 bridgehead atoms. The summed E-state index contributed by atoms with van der Waals surface area (Å²) >= 11 is 0. The molecular weight excluding hydrogens is 208 g/mol. The summed E-state index contributed by atoms with van der Waals surface area (Å²) in [5, 5.41) is 0. The van der Waals surface area contributed by atoms with Crippen LogP contribution in [0, 0.1) is 13.8 Å². The third-order valence-electron chi connectivity index (χ3n) is 3.16. The van der Waals surface area contributed by atoms with Crippen LogP contribution < -0.4 is 5.73 Å². The number of benzene rings is 1. The minimum absolute atomic E-state index is 0.0418. The third-order valence-corrected chi connectivity index (χ3v) is 3.16. The first kappa shape index (κ1) is 11.8. The Labute approximate surface area is 103 Å². The summed E-state index contributed by atoms with van der Waals surface area (Å²) < 4.78 is 0. The summed E-state index contributed by atoms with van der Waals surface area (Å²) in [6.45, 7) is 4.26. The summed E-state index contributed by atoms with van der Waals surface area (Å²) in [6, 6.07) is 10.5. The van der Waals surface area contributed by atoms with Gasteiger partial charge in [0, 0.05) is 18.4 Å². The predicted molar refractivity (Wildman–Crippen MR) is 70.8 cm³/mol. The highest BCUT2D eigenvalue weighted by Crippen LogP contribution is 2.17. The monoisotopic (exact) mass is 226 g/mol. The Hall–Kier alpha value is -1.67. The van der Waals surface area contributed by atoms with E-state index < -0.39 is 0 Å². The second-order valence-electron chi connectivity index (χ2n) is 4.51.